The number of thiazole rings is 1. The second-order valence-corrected chi connectivity index (χ2v) is 11.7. The van der Waals surface area contributed by atoms with Gasteiger partial charge >= 0.3 is 0 Å². The van der Waals surface area contributed by atoms with Crippen LogP contribution in [-0.4, -0.2) is 43.0 Å². The predicted molar refractivity (Wildman–Crippen MR) is 160 cm³/mol. The van der Waals surface area contributed by atoms with Crippen LogP contribution in [0, 0.1) is 25.7 Å². The minimum atomic E-state index is -0.884. The van der Waals surface area contributed by atoms with Crippen LogP contribution >= 0.6 is 11.3 Å². The van der Waals surface area contributed by atoms with Gasteiger partial charge in [-0.15, -0.1) is 11.3 Å². The lowest BCUT2D eigenvalue weighted by atomic mass is 10.0. The quantitative estimate of drug-likeness (QED) is 0.153. The highest BCUT2D eigenvalue weighted by molar-refractivity contribution is 7.21. The van der Waals surface area contributed by atoms with E-state index in [0.29, 0.717) is 24.1 Å². The van der Waals surface area contributed by atoms with Gasteiger partial charge in [0.2, 0.25) is 5.95 Å². The van der Waals surface area contributed by atoms with Gasteiger partial charge in [-0.1, -0.05) is 57.0 Å². The summed E-state index contributed by atoms with van der Waals surface area (Å²) in [5, 5.41) is 28.0. The van der Waals surface area contributed by atoms with Gasteiger partial charge in [-0.3, -0.25) is 4.98 Å². The molecular weight excluding hydrogens is 508 g/mol. The first kappa shape index (κ1) is 28.9. The fourth-order valence-electron chi connectivity index (χ4n) is 4.58. The standard InChI is InChI=1S/C30H40N6O2S/c1-7-21(16-37)15-25(38)34-28-26(29-35-27-23(14-17(2)3)31-13-12-24(27)39-29)20(6)33-30(36-28)32-19(5)22-10-8-18(4)9-11-22/h8-13,17,19,21,25,37-38H,7,14-16H2,1-6H3,(H2,32,33,34,36)/t19-,21?,25-/m1/s1. The molecule has 1 unspecified atom stereocenters. The van der Waals surface area contributed by atoms with Crippen molar-refractivity contribution in [3.05, 3.63) is 59.0 Å². The van der Waals surface area contributed by atoms with Crippen molar-refractivity contribution in [1.82, 2.24) is 19.9 Å². The van der Waals surface area contributed by atoms with E-state index in [9.17, 15) is 10.2 Å². The average Bonchev–Trinajstić information content (AvgIpc) is 3.32. The zero-order valence-electron chi connectivity index (χ0n) is 23.7. The first-order valence-electron chi connectivity index (χ1n) is 13.7. The fourth-order valence-corrected chi connectivity index (χ4v) is 5.66. The Kier molecular flexibility index (Phi) is 9.48. The zero-order valence-corrected chi connectivity index (χ0v) is 24.5. The molecule has 0 saturated heterocycles. The van der Waals surface area contributed by atoms with Crippen molar-refractivity contribution in [2.45, 2.75) is 73.1 Å². The third-order valence-corrected chi connectivity index (χ3v) is 7.94. The molecular formula is C30H40N6O2S. The molecule has 8 nitrogen and oxygen atoms in total. The van der Waals surface area contributed by atoms with Crippen LogP contribution < -0.4 is 10.6 Å². The van der Waals surface area contributed by atoms with Crippen LogP contribution in [0.5, 0.6) is 0 Å². The van der Waals surface area contributed by atoms with Crippen LogP contribution in [0.4, 0.5) is 11.8 Å². The van der Waals surface area contributed by atoms with E-state index in [-0.39, 0.29) is 18.6 Å². The molecule has 1 aromatic carbocycles. The van der Waals surface area contributed by atoms with Crippen LogP contribution in [0.15, 0.2) is 36.5 Å². The van der Waals surface area contributed by atoms with Gasteiger partial charge in [-0.05, 0) is 57.1 Å². The van der Waals surface area contributed by atoms with Crippen molar-refractivity contribution in [2.75, 3.05) is 17.2 Å². The minimum Gasteiger partial charge on any atom is -0.396 e. The molecule has 3 atom stereocenters. The number of aliphatic hydroxyl groups excluding tert-OH is 2. The maximum absolute atomic E-state index is 10.9. The summed E-state index contributed by atoms with van der Waals surface area (Å²) in [4.78, 5) is 19.2. The number of hydrogen-bond acceptors (Lipinski definition) is 9. The van der Waals surface area contributed by atoms with Crippen LogP contribution in [0.2, 0.25) is 0 Å². The highest BCUT2D eigenvalue weighted by Crippen LogP contribution is 2.37. The van der Waals surface area contributed by atoms with E-state index in [1.165, 1.54) is 5.56 Å². The molecule has 0 spiro atoms. The number of aryl methyl sites for hydroxylation is 2. The Morgan fingerprint density at radius 1 is 0.974 bits per heavy atom. The predicted octanol–water partition coefficient (Wildman–Crippen LogP) is 6.28. The number of nitrogens with one attached hydrogen (secondary N) is 2. The maximum Gasteiger partial charge on any atom is 0.225 e. The van der Waals surface area contributed by atoms with Gasteiger partial charge in [0.1, 0.15) is 22.6 Å². The van der Waals surface area contributed by atoms with Gasteiger partial charge < -0.3 is 20.8 Å². The average molecular weight is 549 g/mol. The zero-order chi connectivity index (χ0) is 28.1. The van der Waals surface area contributed by atoms with Gasteiger partial charge in [-0.2, -0.15) is 4.98 Å². The van der Waals surface area contributed by atoms with Gasteiger partial charge in [0.15, 0.2) is 0 Å². The SMILES string of the molecule is CCC(CO)C[C@@H](O)Nc1nc(N[C@H](C)c2ccc(C)cc2)nc(C)c1-c1nc2c(CC(C)C)nccc2s1. The van der Waals surface area contributed by atoms with E-state index >= 15 is 0 Å². The summed E-state index contributed by atoms with van der Waals surface area (Å²) in [6, 6.07) is 10.4. The molecule has 39 heavy (non-hydrogen) atoms. The lowest BCUT2D eigenvalue weighted by Crippen LogP contribution is -2.25. The molecule has 4 aromatic rings. The first-order chi connectivity index (χ1) is 18.7. The summed E-state index contributed by atoms with van der Waals surface area (Å²) >= 11 is 1.57. The van der Waals surface area contributed by atoms with Crippen molar-refractivity contribution >= 4 is 33.3 Å². The smallest absolute Gasteiger partial charge is 0.225 e. The number of pyridine rings is 1. The summed E-state index contributed by atoms with van der Waals surface area (Å²) in [6.07, 6.45) is 2.98. The van der Waals surface area contributed by atoms with Crippen molar-refractivity contribution in [2.24, 2.45) is 11.8 Å². The van der Waals surface area contributed by atoms with Crippen LogP contribution in [-0.2, 0) is 6.42 Å². The number of aliphatic hydroxyl groups is 2. The molecule has 3 heterocycles. The highest BCUT2D eigenvalue weighted by atomic mass is 32.1. The minimum absolute atomic E-state index is 0.00911. The Morgan fingerprint density at radius 2 is 1.72 bits per heavy atom. The van der Waals surface area contributed by atoms with E-state index in [1.54, 1.807) is 11.3 Å². The van der Waals surface area contributed by atoms with E-state index in [1.807, 2.05) is 26.1 Å². The van der Waals surface area contributed by atoms with E-state index in [4.69, 9.17) is 15.0 Å². The third-order valence-electron chi connectivity index (χ3n) is 6.91. The summed E-state index contributed by atoms with van der Waals surface area (Å²) < 4.78 is 1.06. The van der Waals surface area contributed by atoms with Crippen LogP contribution in [0.1, 0.15) is 69.1 Å². The van der Waals surface area contributed by atoms with Crippen molar-refractivity contribution in [3.8, 4) is 10.6 Å². The number of aromatic nitrogens is 4. The van der Waals surface area contributed by atoms with Crippen LogP contribution in [0.25, 0.3) is 20.8 Å². The van der Waals surface area contributed by atoms with Gasteiger partial charge in [-0.25, -0.2) is 9.97 Å². The second-order valence-electron chi connectivity index (χ2n) is 10.7. The van der Waals surface area contributed by atoms with Crippen molar-refractivity contribution < 1.29 is 10.2 Å². The van der Waals surface area contributed by atoms with Gasteiger partial charge in [0, 0.05) is 12.8 Å². The van der Waals surface area contributed by atoms with E-state index < -0.39 is 6.23 Å². The molecule has 0 radical (unpaired) electrons. The molecule has 0 bridgehead atoms. The molecule has 208 valence electrons. The van der Waals surface area contributed by atoms with Crippen molar-refractivity contribution in [3.63, 3.8) is 0 Å². The number of fused-ring (bicyclic) bond motifs is 1. The van der Waals surface area contributed by atoms with Crippen molar-refractivity contribution in [1.29, 1.82) is 0 Å². The number of nitrogens with zero attached hydrogens (tertiary/aromatic N) is 4. The maximum atomic E-state index is 10.9. The Balaban J connectivity index is 1.74. The molecule has 3 aromatic heterocycles. The Bertz CT molecular complexity index is 1380. The Hall–Kier alpha value is -3.14. The normalized spacial score (nSPS) is 14.0. The van der Waals surface area contributed by atoms with Crippen LogP contribution in [0.3, 0.4) is 0 Å². The summed E-state index contributed by atoms with van der Waals surface area (Å²) in [7, 11) is 0. The molecule has 0 amide bonds. The van der Waals surface area contributed by atoms with E-state index in [2.05, 4.69) is 67.6 Å². The molecule has 0 fully saturated rings. The Morgan fingerprint density at radius 3 is 2.38 bits per heavy atom. The number of rotatable bonds is 12. The monoisotopic (exact) mass is 548 g/mol. The molecule has 0 aliphatic heterocycles. The molecule has 9 heteroatoms. The lowest BCUT2D eigenvalue weighted by Gasteiger charge is -2.21. The van der Waals surface area contributed by atoms with E-state index in [0.717, 1.165) is 50.6 Å². The number of hydrogen-bond donors (Lipinski definition) is 4. The molecule has 0 aliphatic rings. The lowest BCUT2D eigenvalue weighted by molar-refractivity contribution is 0.132. The summed E-state index contributed by atoms with van der Waals surface area (Å²) in [6.45, 7) is 12.5. The molecule has 0 aliphatic carbocycles. The topological polar surface area (TPSA) is 116 Å². The number of benzene rings is 1. The second kappa shape index (κ2) is 12.8. The van der Waals surface area contributed by atoms with Gasteiger partial charge in [0.05, 0.1) is 27.7 Å². The first-order valence-corrected chi connectivity index (χ1v) is 14.5. The Labute approximate surface area is 235 Å². The highest BCUT2D eigenvalue weighted by Gasteiger charge is 2.22. The molecule has 4 N–H and O–H groups in total. The summed E-state index contributed by atoms with van der Waals surface area (Å²) in [5.41, 5.74) is 5.74. The molecule has 4 rings (SSSR count). The third kappa shape index (κ3) is 7.09. The largest absolute Gasteiger partial charge is 0.396 e. The van der Waals surface area contributed by atoms with Gasteiger partial charge in [0.25, 0.3) is 0 Å². The summed E-state index contributed by atoms with van der Waals surface area (Å²) in [5.74, 6) is 1.44. The fraction of sp³-hybridized carbons (Fsp3) is 0.467. The number of anilines is 2. The molecule has 0 saturated carbocycles.